The highest BCUT2D eigenvalue weighted by Gasteiger charge is 2.48. The van der Waals surface area contributed by atoms with Gasteiger partial charge in [0.05, 0.1) is 19.8 Å². The fourth-order valence-electron chi connectivity index (χ4n) is 8.20. The molecule has 0 aromatic carbocycles. The van der Waals surface area contributed by atoms with E-state index >= 15 is 0 Å². The molecule has 0 aromatic rings. The van der Waals surface area contributed by atoms with E-state index in [1.165, 1.54) is 128 Å². The lowest BCUT2D eigenvalue weighted by atomic mass is 9.99. The van der Waals surface area contributed by atoms with E-state index in [9.17, 15) is 33.1 Å². The number of rotatable bonds is 47. The molecule has 1 aliphatic heterocycles. The molecule has 1 heterocycles. The van der Waals surface area contributed by atoms with E-state index in [1.807, 2.05) is 0 Å². The van der Waals surface area contributed by atoms with Gasteiger partial charge in [0, 0.05) is 13.0 Å². The van der Waals surface area contributed by atoms with Crippen LogP contribution < -0.4 is 0 Å². The van der Waals surface area contributed by atoms with Crippen molar-refractivity contribution in [2.75, 3.05) is 26.4 Å². The summed E-state index contributed by atoms with van der Waals surface area (Å²) in [5.41, 5.74) is 0. The number of ether oxygens (including phenoxy) is 4. The summed E-state index contributed by atoms with van der Waals surface area (Å²) in [4.78, 5) is 12.9. The number of aliphatic hydroxyl groups is 3. The predicted molar refractivity (Wildman–Crippen MR) is 271 cm³/mol. The molecule has 0 radical (unpaired) electrons. The number of esters is 1. The monoisotopic (exact) mass is 971 g/mol. The average molecular weight is 971 g/mol. The summed E-state index contributed by atoms with van der Waals surface area (Å²) >= 11 is 0. The molecule has 1 rings (SSSR count). The van der Waals surface area contributed by atoms with Gasteiger partial charge in [0.15, 0.2) is 6.29 Å². The highest BCUT2D eigenvalue weighted by Crippen LogP contribution is 2.26. The van der Waals surface area contributed by atoms with Gasteiger partial charge in [0.1, 0.15) is 30.5 Å². The van der Waals surface area contributed by atoms with E-state index < -0.39 is 59.8 Å². The minimum Gasteiger partial charge on any atom is -0.457 e. The zero-order valence-corrected chi connectivity index (χ0v) is 43.0. The molecule has 0 bridgehead atoms. The molecule has 12 nitrogen and oxygen atoms in total. The molecule has 1 saturated heterocycles. The Hall–Kier alpha value is -1.94. The average Bonchev–Trinajstić information content (AvgIpc) is 3.30. The summed E-state index contributed by atoms with van der Waals surface area (Å²) in [6, 6.07) is 0. The first-order valence-electron chi connectivity index (χ1n) is 26.9. The lowest BCUT2D eigenvalue weighted by Gasteiger charge is -2.41. The molecule has 0 saturated carbocycles. The van der Waals surface area contributed by atoms with Gasteiger partial charge in [-0.2, -0.15) is 8.42 Å². The SMILES string of the molecule is CC/C=C\C/C=C\C/C=C\C/C=C\CCCCCCCCCCCCC(=O)OC(COCCCCCCCCCCCCCCCCCCC)COC1OC(CO)C(O)C(OS(=O)(=O)O)C1O. The van der Waals surface area contributed by atoms with Gasteiger partial charge in [-0.15, -0.1) is 0 Å². The van der Waals surface area contributed by atoms with Crippen LogP contribution in [0.15, 0.2) is 48.6 Å². The van der Waals surface area contributed by atoms with E-state index in [4.69, 9.17) is 18.9 Å². The van der Waals surface area contributed by atoms with E-state index in [0.717, 1.165) is 70.6 Å². The van der Waals surface area contributed by atoms with Crippen molar-refractivity contribution in [3.8, 4) is 0 Å². The molecule has 0 amide bonds. The minimum atomic E-state index is -5.07. The van der Waals surface area contributed by atoms with Crippen molar-refractivity contribution in [2.24, 2.45) is 0 Å². The highest BCUT2D eigenvalue weighted by atomic mass is 32.3. The molecular formula is C54H98O12S. The third kappa shape index (κ3) is 38.5. The maximum absolute atomic E-state index is 12.9. The number of aliphatic hydroxyl groups excluding tert-OH is 3. The van der Waals surface area contributed by atoms with Gasteiger partial charge in [0.25, 0.3) is 0 Å². The zero-order valence-electron chi connectivity index (χ0n) is 42.2. The van der Waals surface area contributed by atoms with Gasteiger partial charge in [-0.1, -0.05) is 217 Å². The van der Waals surface area contributed by atoms with Crippen molar-refractivity contribution in [3.05, 3.63) is 48.6 Å². The standard InChI is InChI=1S/C54H98O12S/c1-3-5-7-9-11-13-15-17-19-21-22-23-24-25-26-27-29-31-33-35-37-39-41-43-50(56)64-48(47-63-54-52(58)53(66-67(59,60)61)51(57)49(45-55)65-54)46-62-44-42-40-38-36-34-32-30-28-20-18-16-14-12-10-8-6-4-2/h5,7,11,13,17,19,22-23,48-49,51-55,57-58H,3-4,6,8-10,12,14-16,18,20-21,24-47H2,1-2H3,(H,59,60,61)/b7-5-,13-11-,19-17-,23-22-. The minimum absolute atomic E-state index is 0.0366. The van der Waals surface area contributed by atoms with Crippen molar-refractivity contribution in [2.45, 2.75) is 263 Å². The summed E-state index contributed by atoms with van der Waals surface area (Å²) in [5.74, 6) is -0.401. The van der Waals surface area contributed by atoms with Crippen LogP contribution in [0.2, 0.25) is 0 Å². The van der Waals surface area contributed by atoms with Gasteiger partial charge >= 0.3 is 16.4 Å². The first-order valence-corrected chi connectivity index (χ1v) is 28.3. The fourth-order valence-corrected chi connectivity index (χ4v) is 8.70. The molecule has 1 fully saturated rings. The molecule has 6 unspecified atom stereocenters. The predicted octanol–water partition coefficient (Wildman–Crippen LogP) is 12.7. The second-order valence-corrected chi connectivity index (χ2v) is 19.5. The third-order valence-corrected chi connectivity index (χ3v) is 12.7. The molecule has 6 atom stereocenters. The largest absolute Gasteiger partial charge is 0.457 e. The molecular weight excluding hydrogens is 873 g/mol. The number of allylic oxidation sites excluding steroid dienone is 8. The Morgan fingerprint density at radius 2 is 1.03 bits per heavy atom. The van der Waals surface area contributed by atoms with Gasteiger partial charge in [-0.3, -0.25) is 9.35 Å². The van der Waals surface area contributed by atoms with Crippen molar-refractivity contribution < 1.29 is 56.2 Å². The maximum Gasteiger partial charge on any atom is 0.397 e. The van der Waals surface area contributed by atoms with Crippen molar-refractivity contribution >= 4 is 16.4 Å². The number of carbonyl (C=O) groups excluding carboxylic acids is 1. The van der Waals surface area contributed by atoms with E-state index in [2.05, 4.69) is 66.6 Å². The van der Waals surface area contributed by atoms with Gasteiger partial charge in [0.2, 0.25) is 0 Å². The lowest BCUT2D eigenvalue weighted by Crippen LogP contribution is -2.60. The summed E-state index contributed by atoms with van der Waals surface area (Å²) in [7, 11) is -5.07. The van der Waals surface area contributed by atoms with E-state index in [0.29, 0.717) is 13.0 Å². The first kappa shape index (κ1) is 63.1. The Morgan fingerprint density at radius 1 is 0.582 bits per heavy atom. The van der Waals surface area contributed by atoms with Crippen LogP contribution in [0.4, 0.5) is 0 Å². The second-order valence-electron chi connectivity index (χ2n) is 18.4. The van der Waals surface area contributed by atoms with Gasteiger partial charge in [-0.25, -0.2) is 4.18 Å². The fraction of sp³-hybridized carbons (Fsp3) is 0.833. The summed E-state index contributed by atoms with van der Waals surface area (Å²) in [5, 5.41) is 30.8. The van der Waals surface area contributed by atoms with Crippen LogP contribution in [0, 0.1) is 0 Å². The smallest absolute Gasteiger partial charge is 0.397 e. The third-order valence-electron chi connectivity index (χ3n) is 12.2. The summed E-state index contributed by atoms with van der Waals surface area (Å²) in [6.07, 6.45) is 47.1. The highest BCUT2D eigenvalue weighted by molar-refractivity contribution is 7.80. The normalized spacial score (nSPS) is 19.8. The van der Waals surface area contributed by atoms with Crippen LogP contribution in [-0.2, 0) is 38.3 Å². The Morgan fingerprint density at radius 3 is 1.51 bits per heavy atom. The van der Waals surface area contributed by atoms with Crippen LogP contribution in [0.5, 0.6) is 0 Å². The Balaban J connectivity index is 2.33. The molecule has 4 N–H and O–H groups in total. The van der Waals surface area contributed by atoms with Crippen molar-refractivity contribution in [3.63, 3.8) is 0 Å². The Labute approximate surface area is 408 Å². The van der Waals surface area contributed by atoms with Crippen LogP contribution in [0.25, 0.3) is 0 Å². The molecule has 0 aromatic heterocycles. The van der Waals surface area contributed by atoms with Crippen LogP contribution in [0.3, 0.4) is 0 Å². The van der Waals surface area contributed by atoms with Crippen LogP contribution in [0.1, 0.15) is 226 Å². The van der Waals surface area contributed by atoms with Crippen molar-refractivity contribution in [1.29, 1.82) is 0 Å². The molecule has 0 aliphatic carbocycles. The topological polar surface area (TPSA) is 178 Å². The molecule has 13 heteroatoms. The quantitative estimate of drug-likeness (QED) is 0.0197. The number of hydrogen-bond acceptors (Lipinski definition) is 11. The first-order chi connectivity index (χ1) is 32.6. The Kier molecular flexibility index (Phi) is 42.6. The molecule has 392 valence electrons. The molecule has 0 spiro atoms. The van der Waals surface area contributed by atoms with E-state index in [1.54, 1.807) is 0 Å². The summed E-state index contributed by atoms with van der Waals surface area (Å²) in [6.45, 7) is 3.91. The number of carbonyl (C=O) groups is 1. The molecule has 1 aliphatic rings. The zero-order chi connectivity index (χ0) is 48.9. The number of unbranched alkanes of at least 4 members (excludes halogenated alkanes) is 26. The van der Waals surface area contributed by atoms with E-state index in [-0.39, 0.29) is 19.6 Å². The Bertz CT molecular complexity index is 1350. The summed E-state index contributed by atoms with van der Waals surface area (Å²) < 4.78 is 59.3. The lowest BCUT2D eigenvalue weighted by molar-refractivity contribution is -0.301. The van der Waals surface area contributed by atoms with Gasteiger partial charge < -0.3 is 34.3 Å². The van der Waals surface area contributed by atoms with Gasteiger partial charge in [-0.05, 0) is 51.4 Å². The van der Waals surface area contributed by atoms with Crippen LogP contribution >= 0.6 is 0 Å². The number of hydrogen-bond donors (Lipinski definition) is 4. The van der Waals surface area contributed by atoms with Crippen molar-refractivity contribution in [1.82, 2.24) is 0 Å². The molecule has 67 heavy (non-hydrogen) atoms. The van der Waals surface area contributed by atoms with Crippen LogP contribution in [-0.4, -0.2) is 97.5 Å². The maximum atomic E-state index is 12.9. The second kappa shape index (κ2) is 45.2.